The predicted molar refractivity (Wildman–Crippen MR) is 43.1 cm³/mol. The molecule has 3 nitrogen and oxygen atoms in total. The normalized spacial score (nSPS) is 18.5. The Morgan fingerprint density at radius 1 is 1.55 bits per heavy atom. The van der Waals surface area contributed by atoms with Gasteiger partial charge in [0.2, 0.25) is 0 Å². The second-order valence-corrected chi connectivity index (χ2v) is 3.13. The molecule has 64 valence electrons. The zero-order chi connectivity index (χ0) is 8.91. The Morgan fingerprint density at radius 2 is 2.09 bits per heavy atom. The van der Waals surface area contributed by atoms with Gasteiger partial charge in [-0.05, 0) is 19.3 Å². The quantitative estimate of drug-likeness (QED) is 0.592. The van der Waals surface area contributed by atoms with Crippen LogP contribution in [0.15, 0.2) is 0 Å². The molecule has 0 aliphatic rings. The van der Waals surface area contributed by atoms with E-state index in [9.17, 15) is 9.59 Å². The maximum Gasteiger partial charge on any atom is 0.139 e. The van der Waals surface area contributed by atoms with Crippen molar-refractivity contribution >= 4 is 12.6 Å². The Labute approximate surface area is 67.0 Å². The molecule has 0 aromatic heterocycles. The highest BCUT2D eigenvalue weighted by Gasteiger charge is 2.24. The minimum Gasteiger partial charge on any atom is -0.319 e. The van der Waals surface area contributed by atoms with Gasteiger partial charge in [0.1, 0.15) is 12.6 Å². The van der Waals surface area contributed by atoms with Crippen LogP contribution in [0.4, 0.5) is 0 Å². The van der Waals surface area contributed by atoms with Gasteiger partial charge in [0.15, 0.2) is 0 Å². The van der Waals surface area contributed by atoms with E-state index in [1.54, 1.807) is 6.92 Å². The molecule has 0 saturated heterocycles. The summed E-state index contributed by atoms with van der Waals surface area (Å²) in [6, 6.07) is 0. The van der Waals surface area contributed by atoms with Gasteiger partial charge in [-0.1, -0.05) is 6.92 Å². The third kappa shape index (κ3) is 3.28. The third-order valence-electron chi connectivity index (χ3n) is 2.03. The SMILES string of the molecule is CC(CCC=O)C(C)(N)C=O. The number of rotatable bonds is 5. The molecule has 0 aliphatic heterocycles. The molecular weight excluding hydrogens is 142 g/mol. The van der Waals surface area contributed by atoms with Gasteiger partial charge in [-0.3, -0.25) is 0 Å². The van der Waals surface area contributed by atoms with Crippen LogP contribution in [0.1, 0.15) is 26.7 Å². The number of aldehydes is 2. The molecule has 2 unspecified atom stereocenters. The van der Waals surface area contributed by atoms with Gasteiger partial charge in [0.05, 0.1) is 5.54 Å². The first-order valence-corrected chi connectivity index (χ1v) is 3.73. The smallest absolute Gasteiger partial charge is 0.139 e. The zero-order valence-corrected chi connectivity index (χ0v) is 7.04. The van der Waals surface area contributed by atoms with Gasteiger partial charge < -0.3 is 15.3 Å². The molecule has 0 saturated carbocycles. The summed E-state index contributed by atoms with van der Waals surface area (Å²) in [4.78, 5) is 20.4. The summed E-state index contributed by atoms with van der Waals surface area (Å²) in [6.07, 6.45) is 2.73. The van der Waals surface area contributed by atoms with E-state index in [0.29, 0.717) is 12.8 Å². The molecule has 0 heterocycles. The van der Waals surface area contributed by atoms with E-state index >= 15 is 0 Å². The van der Waals surface area contributed by atoms with Gasteiger partial charge in [0, 0.05) is 6.42 Å². The van der Waals surface area contributed by atoms with Crippen molar-refractivity contribution in [2.24, 2.45) is 11.7 Å². The molecule has 0 amide bonds. The zero-order valence-electron chi connectivity index (χ0n) is 7.04. The summed E-state index contributed by atoms with van der Waals surface area (Å²) in [6.45, 7) is 3.55. The maximum atomic E-state index is 10.4. The second-order valence-electron chi connectivity index (χ2n) is 3.13. The molecule has 0 aromatic carbocycles. The molecule has 0 bridgehead atoms. The molecule has 11 heavy (non-hydrogen) atoms. The highest BCUT2D eigenvalue weighted by Crippen LogP contribution is 2.16. The van der Waals surface area contributed by atoms with Crippen molar-refractivity contribution in [3.63, 3.8) is 0 Å². The highest BCUT2D eigenvalue weighted by molar-refractivity contribution is 5.63. The van der Waals surface area contributed by atoms with E-state index in [0.717, 1.165) is 12.6 Å². The summed E-state index contributed by atoms with van der Waals surface area (Å²) >= 11 is 0. The second kappa shape index (κ2) is 4.23. The Bertz CT molecular complexity index is 143. The lowest BCUT2D eigenvalue weighted by atomic mass is 9.86. The highest BCUT2D eigenvalue weighted by atomic mass is 16.1. The molecule has 2 atom stereocenters. The number of hydrogen-bond acceptors (Lipinski definition) is 3. The molecule has 0 spiro atoms. The summed E-state index contributed by atoms with van der Waals surface area (Å²) in [7, 11) is 0. The average Bonchev–Trinajstić information content (AvgIpc) is 2.00. The summed E-state index contributed by atoms with van der Waals surface area (Å²) in [5.74, 6) is 0.0604. The van der Waals surface area contributed by atoms with Crippen LogP contribution in [0.3, 0.4) is 0 Å². The standard InChI is InChI=1S/C8H15NO2/c1-7(4-3-5-10)8(2,9)6-11/h5-7H,3-4,9H2,1-2H3. The minimum absolute atomic E-state index is 0.0604. The van der Waals surface area contributed by atoms with E-state index in [4.69, 9.17) is 5.73 Å². The van der Waals surface area contributed by atoms with E-state index in [1.165, 1.54) is 0 Å². The fourth-order valence-corrected chi connectivity index (χ4v) is 0.745. The lowest BCUT2D eigenvalue weighted by molar-refractivity contribution is -0.114. The van der Waals surface area contributed by atoms with Crippen LogP contribution in [0.5, 0.6) is 0 Å². The van der Waals surface area contributed by atoms with Crippen molar-refractivity contribution in [3.05, 3.63) is 0 Å². The molecule has 0 aromatic rings. The van der Waals surface area contributed by atoms with Crippen LogP contribution in [-0.4, -0.2) is 18.1 Å². The average molecular weight is 157 g/mol. The van der Waals surface area contributed by atoms with Crippen LogP contribution in [-0.2, 0) is 9.59 Å². The van der Waals surface area contributed by atoms with Gasteiger partial charge >= 0.3 is 0 Å². The molecule has 3 heteroatoms. The van der Waals surface area contributed by atoms with Crippen molar-refractivity contribution in [1.29, 1.82) is 0 Å². The molecule has 2 N–H and O–H groups in total. The van der Waals surface area contributed by atoms with Crippen molar-refractivity contribution in [3.8, 4) is 0 Å². The molecule has 0 radical (unpaired) electrons. The van der Waals surface area contributed by atoms with Crippen LogP contribution in [0, 0.1) is 5.92 Å². The van der Waals surface area contributed by atoms with Crippen molar-refractivity contribution in [2.75, 3.05) is 0 Å². The van der Waals surface area contributed by atoms with Crippen LogP contribution in [0.2, 0.25) is 0 Å². The number of hydrogen-bond donors (Lipinski definition) is 1. The molecule has 0 aliphatic carbocycles. The van der Waals surface area contributed by atoms with E-state index in [1.807, 2.05) is 6.92 Å². The van der Waals surface area contributed by atoms with Gasteiger partial charge in [-0.15, -0.1) is 0 Å². The van der Waals surface area contributed by atoms with Crippen LogP contribution in [0.25, 0.3) is 0 Å². The predicted octanol–water partition coefficient (Wildman–Crippen LogP) is 0.518. The maximum absolute atomic E-state index is 10.4. The minimum atomic E-state index is -0.789. The Balaban J connectivity index is 3.89. The number of carbonyl (C=O) groups is 2. The van der Waals surface area contributed by atoms with E-state index in [2.05, 4.69) is 0 Å². The van der Waals surface area contributed by atoms with E-state index in [-0.39, 0.29) is 5.92 Å². The largest absolute Gasteiger partial charge is 0.319 e. The van der Waals surface area contributed by atoms with E-state index < -0.39 is 5.54 Å². The van der Waals surface area contributed by atoms with Crippen molar-refractivity contribution in [2.45, 2.75) is 32.2 Å². The van der Waals surface area contributed by atoms with Crippen LogP contribution < -0.4 is 5.73 Å². The Morgan fingerprint density at radius 3 is 2.45 bits per heavy atom. The number of carbonyl (C=O) groups excluding carboxylic acids is 2. The number of nitrogens with two attached hydrogens (primary N) is 1. The summed E-state index contributed by atoms with van der Waals surface area (Å²) in [5.41, 5.74) is 4.83. The lowest BCUT2D eigenvalue weighted by Crippen LogP contribution is -2.44. The first kappa shape index (κ1) is 10.3. The van der Waals surface area contributed by atoms with Crippen molar-refractivity contribution in [1.82, 2.24) is 0 Å². The molecule has 0 rings (SSSR count). The fraction of sp³-hybridized carbons (Fsp3) is 0.750. The first-order chi connectivity index (χ1) is 5.04. The molecule has 0 fully saturated rings. The van der Waals surface area contributed by atoms with Gasteiger partial charge in [-0.25, -0.2) is 0 Å². The molecular formula is C8H15NO2. The summed E-state index contributed by atoms with van der Waals surface area (Å²) in [5, 5.41) is 0. The topological polar surface area (TPSA) is 60.2 Å². The van der Waals surface area contributed by atoms with Gasteiger partial charge in [-0.2, -0.15) is 0 Å². The third-order valence-corrected chi connectivity index (χ3v) is 2.03. The Hall–Kier alpha value is -0.700. The van der Waals surface area contributed by atoms with Gasteiger partial charge in [0.25, 0.3) is 0 Å². The lowest BCUT2D eigenvalue weighted by Gasteiger charge is -2.24. The fourth-order valence-electron chi connectivity index (χ4n) is 0.745. The van der Waals surface area contributed by atoms with Crippen LogP contribution >= 0.6 is 0 Å². The monoisotopic (exact) mass is 157 g/mol. The van der Waals surface area contributed by atoms with Crippen molar-refractivity contribution < 1.29 is 9.59 Å². The summed E-state index contributed by atoms with van der Waals surface area (Å²) < 4.78 is 0. The Kier molecular flexibility index (Phi) is 3.97. The first-order valence-electron chi connectivity index (χ1n) is 3.73.